The molecule has 0 spiro atoms. The first kappa shape index (κ1) is 25.3. The molecule has 3 aromatic rings. The number of likely N-dealkylation sites (tertiary alicyclic amines) is 1. The van der Waals surface area contributed by atoms with Crippen LogP contribution in [0, 0.1) is 5.82 Å². The van der Waals surface area contributed by atoms with Gasteiger partial charge in [-0.2, -0.15) is 0 Å². The van der Waals surface area contributed by atoms with Crippen molar-refractivity contribution in [2.24, 2.45) is 7.05 Å². The van der Waals surface area contributed by atoms with Gasteiger partial charge >= 0.3 is 0 Å². The first-order valence-corrected chi connectivity index (χ1v) is 11.7. The summed E-state index contributed by atoms with van der Waals surface area (Å²) in [5.74, 6) is -1.71. The molecule has 4 rings (SSSR count). The fraction of sp³-hybridized carbons (Fsp3) is 0.370. The molecule has 2 heterocycles. The Morgan fingerprint density at radius 3 is 2.28 bits per heavy atom. The van der Waals surface area contributed by atoms with Crippen LogP contribution in [0.2, 0.25) is 0 Å². The molecule has 1 saturated heterocycles. The number of ether oxygens (including phenoxy) is 1. The van der Waals surface area contributed by atoms with Gasteiger partial charge in [-0.25, -0.2) is 8.78 Å². The molecule has 2 amide bonds. The van der Waals surface area contributed by atoms with Gasteiger partial charge in [0.25, 0.3) is 17.6 Å². The number of carbonyl (C=O) groups is 3. The van der Waals surface area contributed by atoms with E-state index in [1.165, 1.54) is 38.2 Å². The Morgan fingerprint density at radius 2 is 1.69 bits per heavy atom. The Hall–Kier alpha value is -3.75. The summed E-state index contributed by atoms with van der Waals surface area (Å²) in [4.78, 5) is 41.4. The number of methoxy groups -OCH3 is 1. The van der Waals surface area contributed by atoms with E-state index < -0.39 is 17.4 Å². The Morgan fingerprint density at radius 1 is 1.06 bits per heavy atom. The minimum absolute atomic E-state index is 0.146. The number of benzene rings is 2. The molecular formula is C27H29F2N3O4. The Balaban J connectivity index is 1.59. The first-order chi connectivity index (χ1) is 17.0. The lowest BCUT2D eigenvalue weighted by Gasteiger charge is -2.36. The van der Waals surface area contributed by atoms with Crippen LogP contribution in [0.3, 0.4) is 0 Å². The van der Waals surface area contributed by atoms with E-state index in [0.717, 1.165) is 0 Å². The van der Waals surface area contributed by atoms with Gasteiger partial charge in [0, 0.05) is 58.3 Å². The van der Waals surface area contributed by atoms with Crippen molar-refractivity contribution in [2.45, 2.75) is 24.9 Å². The molecule has 0 bridgehead atoms. The third kappa shape index (κ3) is 4.82. The van der Waals surface area contributed by atoms with Gasteiger partial charge in [-0.1, -0.05) is 12.1 Å². The van der Waals surface area contributed by atoms with E-state index in [1.807, 2.05) is 0 Å². The highest BCUT2D eigenvalue weighted by molar-refractivity contribution is 6.44. The van der Waals surface area contributed by atoms with Gasteiger partial charge in [0.05, 0.1) is 23.8 Å². The van der Waals surface area contributed by atoms with Crippen molar-refractivity contribution in [3.63, 3.8) is 0 Å². The van der Waals surface area contributed by atoms with E-state index in [-0.39, 0.29) is 55.2 Å². The molecule has 0 saturated carbocycles. The normalized spacial score (nSPS) is 15.1. The van der Waals surface area contributed by atoms with Gasteiger partial charge in [0.15, 0.2) is 0 Å². The number of aryl methyl sites for hydroxylation is 1. The zero-order valence-corrected chi connectivity index (χ0v) is 20.8. The predicted octanol–water partition coefficient (Wildman–Crippen LogP) is 3.78. The van der Waals surface area contributed by atoms with Gasteiger partial charge < -0.3 is 19.1 Å². The summed E-state index contributed by atoms with van der Waals surface area (Å²) in [6, 6.07) is 9.02. The molecule has 1 aromatic heterocycles. The van der Waals surface area contributed by atoms with Crippen molar-refractivity contribution >= 4 is 28.5 Å². The number of likely N-dealkylation sites (N-methyl/N-ethyl adjacent to an activating group) is 1. The fourth-order valence-electron chi connectivity index (χ4n) is 4.67. The number of ketones is 1. The van der Waals surface area contributed by atoms with Gasteiger partial charge in [-0.3, -0.25) is 14.4 Å². The van der Waals surface area contributed by atoms with E-state index in [0.29, 0.717) is 22.2 Å². The SMILES string of the molecule is COc1cc2c(cc1C(=O)N1CCC(F)(Cc3ccc(F)cc3)CC1)c(C(=O)C(=O)N(C)C)cn2C. The molecule has 7 nitrogen and oxygen atoms in total. The van der Waals surface area contributed by atoms with Crippen molar-refractivity contribution in [1.29, 1.82) is 0 Å². The van der Waals surface area contributed by atoms with Gasteiger partial charge in [-0.15, -0.1) is 0 Å². The van der Waals surface area contributed by atoms with Gasteiger partial charge in [-0.05, 0) is 36.6 Å². The number of carbonyl (C=O) groups excluding carboxylic acids is 3. The molecule has 0 aliphatic carbocycles. The predicted molar refractivity (Wildman–Crippen MR) is 132 cm³/mol. The fourth-order valence-corrected chi connectivity index (χ4v) is 4.67. The van der Waals surface area contributed by atoms with Crippen LogP contribution in [0.15, 0.2) is 42.6 Å². The minimum Gasteiger partial charge on any atom is -0.496 e. The third-order valence-corrected chi connectivity index (χ3v) is 6.77. The highest BCUT2D eigenvalue weighted by Gasteiger charge is 2.37. The van der Waals surface area contributed by atoms with E-state index in [1.54, 1.807) is 47.0 Å². The number of hydrogen-bond donors (Lipinski definition) is 0. The Bertz CT molecular complexity index is 1320. The average Bonchev–Trinajstić information content (AvgIpc) is 3.18. The van der Waals surface area contributed by atoms with Crippen LogP contribution >= 0.6 is 0 Å². The number of hydrogen-bond acceptors (Lipinski definition) is 4. The van der Waals surface area contributed by atoms with Crippen LogP contribution < -0.4 is 4.74 Å². The van der Waals surface area contributed by atoms with Crippen molar-refractivity contribution in [3.05, 3.63) is 65.1 Å². The van der Waals surface area contributed by atoms with Crippen molar-refractivity contribution in [2.75, 3.05) is 34.3 Å². The van der Waals surface area contributed by atoms with Crippen molar-refractivity contribution < 1.29 is 27.9 Å². The summed E-state index contributed by atoms with van der Waals surface area (Å²) in [5.41, 5.74) is 0.295. The van der Waals surface area contributed by atoms with E-state index in [9.17, 15) is 18.8 Å². The summed E-state index contributed by atoms with van der Waals surface area (Å²) >= 11 is 0. The number of amides is 2. The smallest absolute Gasteiger partial charge is 0.294 e. The maximum Gasteiger partial charge on any atom is 0.294 e. The van der Waals surface area contributed by atoms with Crippen LogP contribution in [-0.2, 0) is 18.3 Å². The highest BCUT2D eigenvalue weighted by Crippen LogP contribution is 2.34. The zero-order chi connectivity index (χ0) is 26.2. The molecule has 0 atom stereocenters. The Labute approximate surface area is 208 Å². The second-order valence-electron chi connectivity index (χ2n) is 9.50. The molecule has 0 N–H and O–H groups in total. The molecule has 36 heavy (non-hydrogen) atoms. The van der Waals surface area contributed by atoms with Crippen LogP contribution in [0.4, 0.5) is 8.78 Å². The molecule has 2 aromatic carbocycles. The quantitative estimate of drug-likeness (QED) is 0.384. The molecular weight excluding hydrogens is 468 g/mol. The molecule has 1 aliphatic heterocycles. The number of alkyl halides is 1. The summed E-state index contributed by atoms with van der Waals surface area (Å²) in [6.07, 6.45) is 2.01. The summed E-state index contributed by atoms with van der Waals surface area (Å²) < 4.78 is 35.9. The maximum atomic E-state index is 15.5. The second-order valence-corrected chi connectivity index (χ2v) is 9.50. The second kappa shape index (κ2) is 9.72. The lowest BCUT2D eigenvalue weighted by atomic mass is 9.86. The molecule has 190 valence electrons. The summed E-state index contributed by atoms with van der Waals surface area (Å²) in [5, 5.41) is 0.468. The summed E-state index contributed by atoms with van der Waals surface area (Å²) in [7, 11) is 6.20. The van der Waals surface area contributed by atoms with Crippen molar-refractivity contribution in [1.82, 2.24) is 14.4 Å². The van der Waals surface area contributed by atoms with Crippen LogP contribution in [0.1, 0.15) is 39.1 Å². The number of piperidine rings is 1. The van der Waals surface area contributed by atoms with E-state index >= 15 is 4.39 Å². The number of rotatable bonds is 6. The third-order valence-electron chi connectivity index (χ3n) is 6.77. The zero-order valence-electron chi connectivity index (χ0n) is 20.8. The van der Waals surface area contributed by atoms with Crippen molar-refractivity contribution in [3.8, 4) is 5.75 Å². The number of fused-ring (bicyclic) bond motifs is 1. The first-order valence-electron chi connectivity index (χ1n) is 11.7. The van der Waals surface area contributed by atoms with Crippen LogP contribution in [-0.4, -0.2) is 71.9 Å². The molecule has 1 fully saturated rings. The minimum atomic E-state index is -1.49. The highest BCUT2D eigenvalue weighted by atomic mass is 19.1. The maximum absolute atomic E-state index is 15.5. The number of nitrogens with zero attached hydrogens (tertiary/aromatic N) is 3. The van der Waals surface area contributed by atoms with Gasteiger partial charge in [0.2, 0.25) is 0 Å². The Kier molecular flexibility index (Phi) is 6.84. The molecule has 9 heteroatoms. The lowest BCUT2D eigenvalue weighted by Crippen LogP contribution is -2.45. The molecule has 1 aliphatic rings. The molecule has 0 unspecified atom stereocenters. The van der Waals surface area contributed by atoms with Crippen LogP contribution in [0.25, 0.3) is 10.9 Å². The van der Waals surface area contributed by atoms with E-state index in [4.69, 9.17) is 4.74 Å². The molecule has 0 radical (unpaired) electrons. The standard InChI is InChI=1S/C27H29F2N3O4/c1-30(2)26(35)24(33)21-16-31(3)22-14-23(36-4)20(13-19(21)22)25(34)32-11-9-27(29,10-12-32)15-17-5-7-18(28)8-6-17/h5-8,13-14,16H,9-12,15H2,1-4H3. The lowest BCUT2D eigenvalue weighted by molar-refractivity contribution is -0.124. The number of aromatic nitrogens is 1. The summed E-state index contributed by atoms with van der Waals surface area (Å²) in [6.45, 7) is 0.412. The largest absolute Gasteiger partial charge is 0.496 e. The van der Waals surface area contributed by atoms with Gasteiger partial charge in [0.1, 0.15) is 17.2 Å². The number of Topliss-reactive ketones (excluding diaryl/α,β-unsaturated/α-hetero) is 1. The average molecular weight is 498 g/mol. The topological polar surface area (TPSA) is 71.8 Å². The monoisotopic (exact) mass is 497 g/mol. The van der Waals surface area contributed by atoms with E-state index in [2.05, 4.69) is 0 Å². The number of halogens is 2. The van der Waals surface area contributed by atoms with Crippen LogP contribution in [0.5, 0.6) is 5.75 Å².